The lowest BCUT2D eigenvalue weighted by molar-refractivity contribution is 0.971. The summed E-state index contributed by atoms with van der Waals surface area (Å²) in [5.74, 6) is 0.240. The van der Waals surface area contributed by atoms with E-state index in [1.54, 1.807) is 6.20 Å². The first-order chi connectivity index (χ1) is 11.9. The van der Waals surface area contributed by atoms with Crippen LogP contribution in [0.3, 0.4) is 0 Å². The molecule has 0 fully saturated rings. The summed E-state index contributed by atoms with van der Waals surface area (Å²) in [6, 6.07) is 30.0. The zero-order chi connectivity index (χ0) is 16.2. The van der Waals surface area contributed by atoms with E-state index in [9.17, 15) is 0 Å². The van der Waals surface area contributed by atoms with Gasteiger partial charge in [-0.15, -0.1) is 0 Å². The largest absolute Gasteiger partial charge is 0.306 e. The fourth-order valence-electron chi connectivity index (χ4n) is 3.12. The Morgan fingerprint density at radius 2 is 1.17 bits per heavy atom. The first-order valence-corrected chi connectivity index (χ1v) is 8.10. The summed E-state index contributed by atoms with van der Waals surface area (Å²) in [6.45, 7) is 0. The Labute approximate surface area is 142 Å². The molecule has 0 aliphatic heterocycles. The third-order valence-electron chi connectivity index (χ3n) is 4.29. The summed E-state index contributed by atoms with van der Waals surface area (Å²) in [5.41, 5.74) is 5.02. The lowest BCUT2D eigenvalue weighted by atomic mass is 9.85. The van der Waals surface area contributed by atoms with Crippen LogP contribution in [-0.2, 0) is 0 Å². The van der Waals surface area contributed by atoms with E-state index in [0.29, 0.717) is 0 Å². The highest BCUT2D eigenvalue weighted by Gasteiger charge is 2.16. The Hall–Kier alpha value is -3.13. The van der Waals surface area contributed by atoms with Gasteiger partial charge in [0.05, 0.1) is 6.33 Å². The first-order valence-electron chi connectivity index (χ1n) is 8.10. The minimum absolute atomic E-state index is 0.240. The number of hydrogen-bond donors (Lipinski definition) is 0. The van der Waals surface area contributed by atoms with Crippen molar-refractivity contribution in [2.45, 2.75) is 5.92 Å². The Bertz CT molecular complexity index is 840. The van der Waals surface area contributed by atoms with Gasteiger partial charge in [0, 0.05) is 24.0 Å². The molecule has 0 saturated heterocycles. The molecule has 0 aliphatic rings. The molecule has 0 aliphatic carbocycles. The van der Waals surface area contributed by atoms with Crippen molar-refractivity contribution in [2.24, 2.45) is 0 Å². The van der Waals surface area contributed by atoms with E-state index >= 15 is 0 Å². The minimum atomic E-state index is 0.240. The summed E-state index contributed by atoms with van der Waals surface area (Å²) in [5, 5.41) is 0. The molecule has 0 radical (unpaired) electrons. The Kier molecular flexibility index (Phi) is 3.95. The van der Waals surface area contributed by atoms with Crippen molar-refractivity contribution >= 4 is 0 Å². The number of hydrogen-bond acceptors (Lipinski definition) is 1. The molecule has 24 heavy (non-hydrogen) atoms. The Morgan fingerprint density at radius 1 is 0.625 bits per heavy atom. The van der Waals surface area contributed by atoms with Gasteiger partial charge in [-0.1, -0.05) is 72.8 Å². The molecule has 0 amide bonds. The molecule has 2 nitrogen and oxygen atoms in total. The smallest absolute Gasteiger partial charge is 0.0991 e. The average molecular weight is 310 g/mol. The highest BCUT2D eigenvalue weighted by Crippen LogP contribution is 2.32. The molecule has 4 aromatic rings. The van der Waals surface area contributed by atoms with E-state index in [0.717, 1.165) is 5.69 Å². The maximum absolute atomic E-state index is 4.11. The maximum atomic E-state index is 4.11. The zero-order valence-electron chi connectivity index (χ0n) is 13.3. The maximum Gasteiger partial charge on any atom is 0.0991 e. The van der Waals surface area contributed by atoms with Crippen molar-refractivity contribution in [1.29, 1.82) is 0 Å². The normalized spacial score (nSPS) is 10.9. The molecule has 4 rings (SSSR count). The highest BCUT2D eigenvalue weighted by atomic mass is 15.0. The van der Waals surface area contributed by atoms with Gasteiger partial charge in [0.15, 0.2) is 0 Å². The van der Waals surface area contributed by atoms with Crippen molar-refractivity contribution in [3.05, 3.63) is 120 Å². The van der Waals surface area contributed by atoms with Crippen LogP contribution < -0.4 is 0 Å². The van der Waals surface area contributed by atoms with Gasteiger partial charge >= 0.3 is 0 Å². The van der Waals surface area contributed by atoms with E-state index in [2.05, 4.69) is 89.9 Å². The summed E-state index contributed by atoms with van der Waals surface area (Å²) in [6.07, 6.45) is 5.58. The SMILES string of the molecule is c1ccc(C(c2ccccc2)c2ccc(-n3ccnc3)cc2)cc1. The molecule has 3 aromatic carbocycles. The van der Waals surface area contributed by atoms with Crippen LogP contribution in [0.1, 0.15) is 22.6 Å². The quantitative estimate of drug-likeness (QED) is 0.482. The molecular weight excluding hydrogens is 292 g/mol. The molecule has 1 heterocycles. The van der Waals surface area contributed by atoms with Crippen molar-refractivity contribution in [1.82, 2.24) is 9.55 Å². The highest BCUT2D eigenvalue weighted by molar-refractivity contribution is 5.45. The van der Waals surface area contributed by atoms with Gasteiger partial charge in [0.1, 0.15) is 0 Å². The van der Waals surface area contributed by atoms with Crippen LogP contribution in [0.4, 0.5) is 0 Å². The van der Waals surface area contributed by atoms with Crippen LogP contribution in [0, 0.1) is 0 Å². The first kappa shape index (κ1) is 14.5. The van der Waals surface area contributed by atoms with Gasteiger partial charge in [-0.3, -0.25) is 0 Å². The van der Waals surface area contributed by atoms with Crippen LogP contribution in [0.2, 0.25) is 0 Å². The second-order valence-corrected chi connectivity index (χ2v) is 5.82. The Balaban J connectivity index is 1.77. The molecule has 0 atom stereocenters. The van der Waals surface area contributed by atoms with E-state index in [-0.39, 0.29) is 5.92 Å². The second-order valence-electron chi connectivity index (χ2n) is 5.82. The lowest BCUT2D eigenvalue weighted by Crippen LogP contribution is -2.03. The molecule has 0 N–H and O–H groups in total. The Morgan fingerprint density at radius 3 is 1.67 bits per heavy atom. The number of rotatable bonds is 4. The average Bonchev–Trinajstić information content (AvgIpc) is 3.19. The van der Waals surface area contributed by atoms with E-state index in [1.165, 1.54) is 16.7 Å². The molecule has 1 aromatic heterocycles. The number of nitrogens with zero attached hydrogens (tertiary/aromatic N) is 2. The second kappa shape index (κ2) is 6.55. The van der Waals surface area contributed by atoms with Crippen LogP contribution in [0.25, 0.3) is 5.69 Å². The fourth-order valence-corrected chi connectivity index (χ4v) is 3.12. The monoisotopic (exact) mass is 310 g/mol. The molecule has 0 bridgehead atoms. The predicted molar refractivity (Wildman–Crippen MR) is 97.4 cm³/mol. The van der Waals surface area contributed by atoms with Crippen molar-refractivity contribution in [2.75, 3.05) is 0 Å². The van der Waals surface area contributed by atoms with Crippen LogP contribution >= 0.6 is 0 Å². The van der Waals surface area contributed by atoms with Gasteiger partial charge in [-0.25, -0.2) is 4.98 Å². The summed E-state index contributed by atoms with van der Waals surface area (Å²) < 4.78 is 2.02. The predicted octanol–water partition coefficient (Wildman–Crippen LogP) is 5.05. The van der Waals surface area contributed by atoms with Crippen molar-refractivity contribution in [3.63, 3.8) is 0 Å². The molecule has 116 valence electrons. The third-order valence-corrected chi connectivity index (χ3v) is 4.29. The third kappa shape index (κ3) is 2.86. The molecule has 2 heteroatoms. The minimum Gasteiger partial charge on any atom is -0.306 e. The molecule has 0 unspecified atom stereocenters. The van der Waals surface area contributed by atoms with Gasteiger partial charge in [-0.05, 0) is 28.8 Å². The van der Waals surface area contributed by atoms with Crippen LogP contribution in [0.15, 0.2) is 104 Å². The molecule has 0 saturated carbocycles. The number of imidazole rings is 1. The number of aromatic nitrogens is 2. The standard InChI is InChI=1S/C22H18N2/c1-3-7-18(8-4-1)22(19-9-5-2-6-10-19)20-11-13-21(14-12-20)24-16-15-23-17-24/h1-17,22H. The van der Waals surface area contributed by atoms with Gasteiger partial charge in [-0.2, -0.15) is 0 Å². The van der Waals surface area contributed by atoms with Gasteiger partial charge in [0.25, 0.3) is 0 Å². The van der Waals surface area contributed by atoms with Gasteiger partial charge < -0.3 is 4.57 Å². The van der Waals surface area contributed by atoms with Crippen LogP contribution in [0.5, 0.6) is 0 Å². The van der Waals surface area contributed by atoms with Crippen molar-refractivity contribution in [3.8, 4) is 5.69 Å². The fraction of sp³-hybridized carbons (Fsp3) is 0.0455. The summed E-state index contributed by atoms with van der Waals surface area (Å²) in [4.78, 5) is 4.11. The van der Waals surface area contributed by atoms with E-state index in [4.69, 9.17) is 0 Å². The summed E-state index contributed by atoms with van der Waals surface area (Å²) >= 11 is 0. The summed E-state index contributed by atoms with van der Waals surface area (Å²) in [7, 11) is 0. The zero-order valence-corrected chi connectivity index (χ0v) is 13.3. The van der Waals surface area contributed by atoms with E-state index in [1.807, 2.05) is 17.1 Å². The van der Waals surface area contributed by atoms with Crippen molar-refractivity contribution < 1.29 is 0 Å². The number of benzene rings is 3. The topological polar surface area (TPSA) is 17.8 Å². The van der Waals surface area contributed by atoms with Gasteiger partial charge in [0.2, 0.25) is 0 Å². The van der Waals surface area contributed by atoms with E-state index < -0.39 is 0 Å². The lowest BCUT2D eigenvalue weighted by Gasteiger charge is -2.19. The molecule has 0 spiro atoms. The van der Waals surface area contributed by atoms with Crippen LogP contribution in [-0.4, -0.2) is 9.55 Å². The molecular formula is C22H18N2.